The summed E-state index contributed by atoms with van der Waals surface area (Å²) in [4.78, 5) is 10.1. The minimum Gasteiger partial charge on any atom is -0.345 e. The average Bonchev–Trinajstić information content (AvgIpc) is 3.37. The smallest absolute Gasteiger partial charge is 0.162 e. The molecule has 0 amide bonds. The van der Waals surface area contributed by atoms with Crippen molar-refractivity contribution in [3.05, 3.63) is 30.9 Å². The van der Waals surface area contributed by atoms with Gasteiger partial charge in [-0.3, -0.25) is 4.68 Å². The normalized spacial score (nSPS) is 36.3. The number of aromatic nitrogens is 5. The summed E-state index contributed by atoms with van der Waals surface area (Å²) in [7, 11) is 0. The first-order valence-corrected chi connectivity index (χ1v) is 6.50. The van der Waals surface area contributed by atoms with Gasteiger partial charge in [-0.25, -0.2) is 9.97 Å². The van der Waals surface area contributed by atoms with Crippen LogP contribution in [0.4, 0.5) is 0 Å². The van der Waals surface area contributed by atoms with Gasteiger partial charge < -0.3 is 4.98 Å². The highest BCUT2D eigenvalue weighted by Crippen LogP contribution is 2.37. The van der Waals surface area contributed by atoms with Gasteiger partial charge in [0.15, 0.2) is 5.82 Å². The Morgan fingerprint density at radius 3 is 3.26 bits per heavy atom. The van der Waals surface area contributed by atoms with Crippen molar-refractivity contribution in [2.24, 2.45) is 5.89 Å². The fourth-order valence-electron chi connectivity index (χ4n) is 2.22. The number of nitrogens with one attached hydrogen (secondary N) is 1. The lowest BCUT2D eigenvalue weighted by Crippen LogP contribution is -2.17. The molecule has 0 spiro atoms. The molecular weight excluding hydrogens is 288 g/mol. The summed E-state index contributed by atoms with van der Waals surface area (Å²) in [5.41, 5.74) is -0.0647. The van der Waals surface area contributed by atoms with Crippen molar-refractivity contribution < 1.29 is 19.2 Å². The molecular formula is C17H18N6. The third-order valence-electron chi connectivity index (χ3n) is 3.25. The van der Waals surface area contributed by atoms with Gasteiger partial charge in [0.2, 0.25) is 0 Å². The molecule has 0 radical (unpaired) electrons. The number of rotatable bonds is 4. The second-order valence-corrected chi connectivity index (χ2v) is 4.55. The Balaban J connectivity index is 2.00. The van der Waals surface area contributed by atoms with Crippen LogP contribution in [-0.2, 0) is 0 Å². The summed E-state index contributed by atoms with van der Waals surface area (Å²) in [6.45, 7) is 0. The van der Waals surface area contributed by atoms with Gasteiger partial charge in [-0.2, -0.15) is 10.4 Å². The largest absolute Gasteiger partial charge is 0.345 e. The van der Waals surface area contributed by atoms with Gasteiger partial charge in [-0.15, -0.1) is 0 Å². The second kappa shape index (κ2) is 5.84. The van der Waals surface area contributed by atoms with Crippen molar-refractivity contribution in [1.82, 2.24) is 24.7 Å². The molecule has 0 unspecified atom stereocenters. The molecule has 23 heavy (non-hydrogen) atoms. The van der Waals surface area contributed by atoms with E-state index in [0.29, 0.717) is 4.68 Å². The lowest BCUT2D eigenvalue weighted by Gasteiger charge is -2.21. The fraction of sp³-hybridized carbons (Fsp3) is 0.412. The molecule has 1 aromatic heterocycles. The quantitative estimate of drug-likeness (QED) is 0.798. The number of H-pyrrole nitrogens is 1. The summed E-state index contributed by atoms with van der Waals surface area (Å²) in [5, 5.41) is 13.5. The maximum atomic E-state index is 9.57. The molecule has 0 bridgehead atoms. The van der Waals surface area contributed by atoms with Crippen LogP contribution in [0.3, 0.4) is 0 Å². The van der Waals surface area contributed by atoms with Crippen molar-refractivity contribution in [1.29, 1.82) is 5.26 Å². The number of fused-ring (bicyclic) bond motifs is 1. The summed E-state index contributed by atoms with van der Waals surface area (Å²) in [6, 6.07) is -1.66. The third kappa shape index (κ3) is 2.48. The number of nitriles is 1. The molecule has 3 aliphatic rings. The first-order chi connectivity index (χ1) is 16.7. The number of nitrogens with zero attached hydrogens (tertiary/aromatic N) is 5. The van der Waals surface area contributed by atoms with Crippen molar-refractivity contribution in [2.45, 2.75) is 37.9 Å². The van der Waals surface area contributed by atoms with Crippen LogP contribution in [0, 0.1) is 17.2 Å². The summed E-state index contributed by atoms with van der Waals surface area (Å²) < 4.78 is 115. The van der Waals surface area contributed by atoms with Crippen LogP contribution in [-0.4, -0.2) is 24.7 Å². The van der Waals surface area contributed by atoms with E-state index in [1.54, 1.807) is 0 Å². The van der Waals surface area contributed by atoms with Gasteiger partial charge in [0.05, 0.1) is 39.4 Å². The van der Waals surface area contributed by atoms with Gasteiger partial charge in [0.25, 0.3) is 0 Å². The van der Waals surface area contributed by atoms with E-state index in [1.165, 1.54) is 6.07 Å². The highest BCUT2D eigenvalue weighted by Gasteiger charge is 2.27. The molecule has 3 heterocycles. The van der Waals surface area contributed by atoms with Crippen molar-refractivity contribution in [3.63, 3.8) is 0 Å². The van der Waals surface area contributed by atoms with Crippen LogP contribution in [0.25, 0.3) is 22.6 Å². The Morgan fingerprint density at radius 1 is 1.57 bits per heavy atom. The van der Waals surface area contributed by atoms with Gasteiger partial charge in [-0.1, -0.05) is 12.7 Å². The maximum absolute atomic E-state index is 9.57. The molecule has 1 atom stereocenters. The zero-order chi connectivity index (χ0) is 28.1. The van der Waals surface area contributed by atoms with E-state index in [9.17, 15) is 5.26 Å². The van der Waals surface area contributed by atoms with Crippen LogP contribution < -0.4 is 0 Å². The molecule has 0 aromatic carbocycles. The monoisotopic (exact) mass is 320 g/mol. The van der Waals surface area contributed by atoms with Crippen LogP contribution in [0.15, 0.2) is 30.9 Å². The van der Waals surface area contributed by atoms with Crippen LogP contribution in [0.2, 0.25) is 0 Å². The molecule has 116 valence electrons. The number of hydrogen-bond acceptors (Lipinski definition) is 4. The van der Waals surface area contributed by atoms with Gasteiger partial charge >= 0.3 is 0 Å². The Hall–Kier alpha value is -2.68. The first-order valence-electron chi connectivity index (χ1n) is 13.5. The second-order valence-electron chi connectivity index (χ2n) is 4.55. The summed E-state index contributed by atoms with van der Waals surface area (Å²) in [5.74, 6) is -3.71. The van der Waals surface area contributed by atoms with E-state index >= 15 is 0 Å². The number of aromatic amines is 1. The van der Waals surface area contributed by atoms with E-state index in [4.69, 9.17) is 19.2 Å². The highest BCUT2D eigenvalue weighted by atomic mass is 15.3. The third-order valence-corrected chi connectivity index (χ3v) is 3.25. The lowest BCUT2D eigenvalue weighted by molar-refractivity contribution is 0.315. The van der Waals surface area contributed by atoms with Crippen molar-refractivity contribution in [2.75, 3.05) is 0 Å². The SMILES string of the molecule is [2H]c1nc2nc([2H])c([2H])c-2c(-c2cnn([C@H](C([2H])([2H])C#N)C3([2H])C([2H])([2H])C([2H])([2H])C([2H])([2H])C3([2H])[2H])c2)[nH]1. The molecule has 1 aliphatic carbocycles. The molecule has 1 saturated carbocycles. The molecule has 2 aliphatic heterocycles. The topological polar surface area (TPSA) is 83.2 Å². The molecule has 1 N–H and O–H groups in total. The van der Waals surface area contributed by atoms with Crippen LogP contribution in [0.5, 0.6) is 0 Å². The molecule has 6 heteroatoms. The lowest BCUT2D eigenvalue weighted by atomic mass is 9.96. The molecule has 4 rings (SSSR count). The molecule has 0 saturated heterocycles. The molecule has 6 nitrogen and oxygen atoms in total. The zero-order valence-corrected chi connectivity index (χ0v) is 11.5. The first kappa shape index (κ1) is 5.45. The fourth-order valence-corrected chi connectivity index (χ4v) is 2.22. The standard InChI is InChI=1S/C17H18N6/c18-7-5-15(12-3-1-2-4-12)23-10-13(9-22-23)16-14-6-8-19-17(14)21-11-20-16/h6,8-12,15H,1-5H2,(H,19,20,21)/t15-/m1/s1/i1D2,2D2,3D2,4D2,5D2,6D,8D,11D,12D. The van der Waals surface area contributed by atoms with Gasteiger partial charge in [0.1, 0.15) is 1.37 Å². The zero-order valence-electron chi connectivity index (χ0n) is 25.5. The van der Waals surface area contributed by atoms with E-state index in [0.717, 1.165) is 12.4 Å². The van der Waals surface area contributed by atoms with Crippen molar-refractivity contribution >= 4 is 0 Å². The van der Waals surface area contributed by atoms with E-state index < -0.39 is 56.3 Å². The van der Waals surface area contributed by atoms with Crippen LogP contribution >= 0.6 is 0 Å². The molecule has 1 fully saturated rings. The average molecular weight is 320 g/mol. The predicted molar refractivity (Wildman–Crippen MR) is 85.5 cm³/mol. The maximum Gasteiger partial charge on any atom is 0.162 e. The Kier molecular flexibility index (Phi) is 1.38. The Bertz CT molecular complexity index is 1380. The van der Waals surface area contributed by atoms with Gasteiger partial charge in [0, 0.05) is 38.6 Å². The highest BCUT2D eigenvalue weighted by molar-refractivity contribution is 5.77. The van der Waals surface area contributed by atoms with E-state index in [1.807, 2.05) is 0 Å². The Labute approximate surface area is 154 Å². The van der Waals surface area contributed by atoms with E-state index in [2.05, 4.69) is 20.1 Å². The van der Waals surface area contributed by atoms with E-state index in [-0.39, 0.29) is 28.7 Å². The molecule has 1 aromatic rings. The Morgan fingerprint density at radius 2 is 2.43 bits per heavy atom. The van der Waals surface area contributed by atoms with Crippen LogP contribution in [0.1, 0.15) is 57.1 Å². The minimum atomic E-state index is -3.68. The summed E-state index contributed by atoms with van der Waals surface area (Å²) in [6.07, 6.45) is -16.8. The predicted octanol–water partition coefficient (Wildman–Crippen LogP) is 3.42. The number of hydrogen-bond donors (Lipinski definition) is 1. The minimum absolute atomic E-state index is 0.0137. The summed E-state index contributed by atoms with van der Waals surface area (Å²) >= 11 is 0. The van der Waals surface area contributed by atoms with Gasteiger partial charge in [-0.05, 0) is 24.7 Å². The van der Waals surface area contributed by atoms with Crippen molar-refractivity contribution in [3.8, 4) is 28.7 Å².